The molecule has 1 unspecified atom stereocenters. The van der Waals surface area contributed by atoms with Crippen molar-refractivity contribution in [3.05, 3.63) is 70.8 Å². The number of likely N-dealkylation sites (tertiary alicyclic amines) is 2. The normalized spacial score (nSPS) is 19.7. The van der Waals surface area contributed by atoms with Gasteiger partial charge in [0.1, 0.15) is 0 Å². The molecule has 1 spiro atoms. The van der Waals surface area contributed by atoms with Gasteiger partial charge in [-0.2, -0.15) is 26.3 Å². The fourth-order valence-corrected chi connectivity index (χ4v) is 5.62. The molecular weight excluding hydrogens is 540 g/mol. The lowest BCUT2D eigenvalue weighted by Crippen LogP contribution is -2.48. The second kappa shape index (κ2) is 10.9. The Balaban J connectivity index is 1.61. The molecule has 216 valence electrons. The summed E-state index contributed by atoms with van der Waals surface area (Å²) in [5, 5.41) is 0. The Kier molecular flexibility index (Phi) is 8.04. The summed E-state index contributed by atoms with van der Waals surface area (Å²) in [6, 6.07) is 9.56. The number of amides is 3. The number of carbonyl (C=O) groups excluding carboxylic acids is 3. The largest absolute Gasteiger partial charge is 0.416 e. The van der Waals surface area contributed by atoms with Crippen LogP contribution in [0.3, 0.4) is 0 Å². The van der Waals surface area contributed by atoms with Gasteiger partial charge in [0, 0.05) is 25.2 Å². The van der Waals surface area contributed by atoms with Crippen LogP contribution >= 0.6 is 0 Å². The molecule has 2 aliphatic heterocycles. The Morgan fingerprint density at radius 2 is 1.48 bits per heavy atom. The third-order valence-corrected chi connectivity index (χ3v) is 7.63. The van der Waals surface area contributed by atoms with Crippen molar-refractivity contribution in [1.82, 2.24) is 14.7 Å². The summed E-state index contributed by atoms with van der Waals surface area (Å²) in [6.07, 6.45) is -9.53. The van der Waals surface area contributed by atoms with Crippen LogP contribution in [0.25, 0.3) is 0 Å². The van der Waals surface area contributed by atoms with Crippen LogP contribution in [-0.4, -0.2) is 72.7 Å². The van der Waals surface area contributed by atoms with Gasteiger partial charge in [0.2, 0.25) is 11.8 Å². The lowest BCUT2D eigenvalue weighted by Gasteiger charge is -2.40. The molecule has 12 heteroatoms. The zero-order valence-corrected chi connectivity index (χ0v) is 22.0. The fraction of sp³-hybridized carbons (Fsp3) is 0.464. The van der Waals surface area contributed by atoms with Gasteiger partial charge in [-0.1, -0.05) is 30.3 Å². The summed E-state index contributed by atoms with van der Waals surface area (Å²) in [6.45, 7) is 0.655. The molecule has 0 saturated carbocycles. The lowest BCUT2D eigenvalue weighted by molar-refractivity contribution is -0.144. The van der Waals surface area contributed by atoms with E-state index < -0.39 is 46.3 Å². The van der Waals surface area contributed by atoms with Crippen LogP contribution in [-0.2, 0) is 21.9 Å². The summed E-state index contributed by atoms with van der Waals surface area (Å²) in [5.74, 6) is -2.51. The van der Waals surface area contributed by atoms with E-state index in [1.165, 1.54) is 4.90 Å². The number of imide groups is 1. The maximum atomic E-state index is 13.7. The molecule has 2 aliphatic rings. The van der Waals surface area contributed by atoms with Crippen LogP contribution in [0.4, 0.5) is 26.3 Å². The van der Waals surface area contributed by atoms with Crippen LogP contribution in [0.5, 0.6) is 0 Å². The maximum absolute atomic E-state index is 13.7. The minimum atomic E-state index is -5.09. The molecule has 3 amide bonds. The van der Waals surface area contributed by atoms with Gasteiger partial charge in [-0.25, -0.2) is 0 Å². The molecule has 6 nitrogen and oxygen atoms in total. The molecule has 2 fully saturated rings. The summed E-state index contributed by atoms with van der Waals surface area (Å²) in [4.78, 5) is 44.8. The number of rotatable bonds is 6. The molecule has 2 aromatic carbocycles. The average Bonchev–Trinajstić information content (AvgIpc) is 3.08. The van der Waals surface area contributed by atoms with E-state index in [4.69, 9.17) is 0 Å². The van der Waals surface area contributed by atoms with Gasteiger partial charge >= 0.3 is 12.4 Å². The third kappa shape index (κ3) is 5.72. The summed E-state index contributed by atoms with van der Waals surface area (Å²) >= 11 is 0. The van der Waals surface area contributed by atoms with Gasteiger partial charge in [-0.05, 0) is 63.7 Å². The van der Waals surface area contributed by atoms with Crippen molar-refractivity contribution in [2.75, 3.05) is 40.3 Å². The number of nitrogens with zero attached hydrogens (tertiary/aromatic N) is 3. The Morgan fingerprint density at radius 1 is 0.925 bits per heavy atom. The second-order valence-electron chi connectivity index (χ2n) is 10.5. The zero-order chi connectivity index (χ0) is 29.5. The first kappa shape index (κ1) is 29.6. The fourth-order valence-electron chi connectivity index (χ4n) is 5.62. The van der Waals surface area contributed by atoms with Crippen molar-refractivity contribution in [3.63, 3.8) is 0 Å². The van der Waals surface area contributed by atoms with E-state index in [1.807, 2.05) is 19.0 Å². The summed E-state index contributed by atoms with van der Waals surface area (Å²) in [5.41, 5.74) is -4.42. The number of benzene rings is 2. The van der Waals surface area contributed by atoms with Crippen LogP contribution in [0.15, 0.2) is 48.5 Å². The van der Waals surface area contributed by atoms with Crippen LogP contribution in [0.1, 0.15) is 52.2 Å². The molecule has 0 bridgehead atoms. The first-order chi connectivity index (χ1) is 18.6. The quantitative estimate of drug-likeness (QED) is 0.361. The highest BCUT2D eigenvalue weighted by Crippen LogP contribution is 2.51. The summed E-state index contributed by atoms with van der Waals surface area (Å²) in [7, 11) is 3.74. The van der Waals surface area contributed by atoms with E-state index in [2.05, 4.69) is 0 Å². The first-order valence-corrected chi connectivity index (χ1v) is 12.8. The average molecular weight is 570 g/mol. The predicted molar refractivity (Wildman–Crippen MR) is 133 cm³/mol. The molecule has 40 heavy (non-hydrogen) atoms. The van der Waals surface area contributed by atoms with Crippen LogP contribution in [0.2, 0.25) is 0 Å². The number of halogens is 6. The summed E-state index contributed by atoms with van der Waals surface area (Å²) < 4.78 is 80.0. The molecule has 2 heterocycles. The minimum Gasteiger partial charge on any atom is -0.339 e. The van der Waals surface area contributed by atoms with Gasteiger partial charge in [-0.15, -0.1) is 0 Å². The van der Waals surface area contributed by atoms with Crippen molar-refractivity contribution >= 4 is 17.7 Å². The molecule has 2 aromatic rings. The SMILES string of the molecule is CN(C)CCCN1C(=O)C(c2ccccc2)C2(CCN(C(=O)c3cc(C(F)(F)F)cc(C(F)(F)F)c3)CC2)C1=O. The van der Waals surface area contributed by atoms with Crippen LogP contribution in [0, 0.1) is 5.41 Å². The highest BCUT2D eigenvalue weighted by Gasteiger charge is 2.60. The Labute approximate surface area is 227 Å². The number of hydrogen-bond acceptors (Lipinski definition) is 4. The molecule has 4 rings (SSSR count). The van der Waals surface area contributed by atoms with Crippen LogP contribution < -0.4 is 0 Å². The molecule has 2 saturated heterocycles. The predicted octanol–water partition coefficient (Wildman–Crippen LogP) is 5.05. The molecule has 0 radical (unpaired) electrons. The number of piperidine rings is 1. The van der Waals surface area contributed by atoms with Gasteiger partial charge in [-0.3, -0.25) is 19.3 Å². The Morgan fingerprint density at radius 3 is 1.98 bits per heavy atom. The van der Waals surface area contributed by atoms with Crippen molar-refractivity contribution in [1.29, 1.82) is 0 Å². The second-order valence-corrected chi connectivity index (χ2v) is 10.5. The number of hydrogen-bond donors (Lipinski definition) is 0. The van der Waals surface area contributed by atoms with E-state index in [-0.39, 0.29) is 50.4 Å². The molecule has 1 atom stereocenters. The highest BCUT2D eigenvalue weighted by atomic mass is 19.4. The standard InChI is InChI=1S/C28H29F6N3O3/c1-35(2)11-6-12-37-24(39)22(18-7-4-3-5-8-18)26(25(37)40)9-13-36(14-10-26)23(38)19-15-20(27(29,30)31)17-21(16-19)28(32,33)34/h3-5,7-8,15-17,22H,6,9-14H2,1-2H3. The third-order valence-electron chi connectivity index (χ3n) is 7.63. The van der Waals surface area contributed by atoms with Gasteiger partial charge in [0.05, 0.1) is 22.5 Å². The van der Waals surface area contributed by atoms with Crippen molar-refractivity contribution < 1.29 is 40.7 Å². The monoisotopic (exact) mass is 569 g/mol. The first-order valence-electron chi connectivity index (χ1n) is 12.8. The van der Waals surface area contributed by atoms with E-state index in [9.17, 15) is 40.7 Å². The molecule has 0 aromatic heterocycles. The zero-order valence-electron chi connectivity index (χ0n) is 22.0. The van der Waals surface area contributed by atoms with Gasteiger partial charge in [0.25, 0.3) is 5.91 Å². The molecule has 0 N–H and O–H groups in total. The topological polar surface area (TPSA) is 60.9 Å². The molecule has 0 aliphatic carbocycles. The van der Waals surface area contributed by atoms with E-state index in [0.29, 0.717) is 30.7 Å². The van der Waals surface area contributed by atoms with Crippen molar-refractivity contribution in [2.24, 2.45) is 5.41 Å². The number of alkyl halides is 6. The lowest BCUT2D eigenvalue weighted by atomic mass is 9.67. The van der Waals surface area contributed by atoms with Gasteiger partial charge in [0.15, 0.2) is 0 Å². The Hall–Kier alpha value is -3.41. The highest BCUT2D eigenvalue weighted by molar-refractivity contribution is 6.10. The smallest absolute Gasteiger partial charge is 0.339 e. The van der Waals surface area contributed by atoms with Crippen molar-refractivity contribution in [2.45, 2.75) is 37.5 Å². The minimum absolute atomic E-state index is 0.0276. The Bertz CT molecular complexity index is 1240. The van der Waals surface area contributed by atoms with Gasteiger partial charge < -0.3 is 9.80 Å². The number of carbonyl (C=O) groups is 3. The maximum Gasteiger partial charge on any atom is 0.416 e. The van der Waals surface area contributed by atoms with Crippen molar-refractivity contribution in [3.8, 4) is 0 Å². The van der Waals surface area contributed by atoms with E-state index in [1.54, 1.807) is 30.3 Å². The van der Waals surface area contributed by atoms with E-state index >= 15 is 0 Å². The molecular formula is C28H29F6N3O3. The van der Waals surface area contributed by atoms with E-state index in [0.717, 1.165) is 4.90 Å².